The fourth-order valence-corrected chi connectivity index (χ4v) is 7.89. The Bertz CT molecular complexity index is 797. The van der Waals surface area contributed by atoms with E-state index >= 15 is 0 Å². The van der Waals surface area contributed by atoms with Crippen LogP contribution in [0, 0.1) is 33.5 Å². The Morgan fingerprint density at radius 3 is 2.38 bits per heavy atom. The minimum atomic E-state index is -0.647. The maximum absolute atomic E-state index is 12.7. The van der Waals surface area contributed by atoms with Crippen molar-refractivity contribution in [2.24, 2.45) is 33.5 Å². The number of hydrogen-bond donors (Lipinski definition) is 1. The first-order valence-corrected chi connectivity index (χ1v) is 11.3. The van der Waals surface area contributed by atoms with Gasteiger partial charge in [-0.2, -0.15) is 0 Å². The summed E-state index contributed by atoms with van der Waals surface area (Å²) in [6.45, 7) is 10.2. The van der Waals surface area contributed by atoms with Gasteiger partial charge >= 0.3 is 11.9 Å². The number of esters is 1. The van der Waals surface area contributed by atoms with E-state index in [0.717, 1.165) is 44.9 Å². The molecule has 4 heteroatoms. The molecule has 3 saturated carbocycles. The molecule has 0 saturated heterocycles. The van der Waals surface area contributed by atoms with Crippen LogP contribution in [0.25, 0.3) is 0 Å². The highest BCUT2D eigenvalue weighted by Gasteiger charge is 2.69. The predicted molar refractivity (Wildman–Crippen MR) is 112 cm³/mol. The summed E-state index contributed by atoms with van der Waals surface area (Å²) in [6.07, 6.45) is 13.0. The lowest BCUT2D eigenvalue weighted by molar-refractivity contribution is -0.208. The van der Waals surface area contributed by atoms with Crippen molar-refractivity contribution in [1.29, 1.82) is 0 Å². The van der Waals surface area contributed by atoms with Gasteiger partial charge < -0.3 is 9.84 Å². The van der Waals surface area contributed by atoms with Crippen molar-refractivity contribution in [2.45, 2.75) is 85.7 Å². The van der Waals surface area contributed by atoms with E-state index < -0.39 is 11.4 Å². The Balaban J connectivity index is 1.74. The van der Waals surface area contributed by atoms with Gasteiger partial charge in [-0.3, -0.25) is 4.79 Å². The van der Waals surface area contributed by atoms with Crippen molar-refractivity contribution in [3.8, 4) is 0 Å². The minimum Gasteiger partial charge on any atom is -0.481 e. The second-order valence-corrected chi connectivity index (χ2v) is 11.0. The molecule has 4 aliphatic rings. The number of carbonyl (C=O) groups is 2. The van der Waals surface area contributed by atoms with Crippen molar-refractivity contribution in [3.63, 3.8) is 0 Å². The van der Waals surface area contributed by atoms with Crippen LogP contribution in [0.2, 0.25) is 0 Å². The molecule has 7 atom stereocenters. The average Bonchev–Trinajstić information content (AvgIpc) is 2.83. The van der Waals surface area contributed by atoms with Crippen LogP contribution in [0.5, 0.6) is 0 Å². The first-order chi connectivity index (χ1) is 13.5. The van der Waals surface area contributed by atoms with Crippen molar-refractivity contribution in [1.82, 2.24) is 0 Å². The van der Waals surface area contributed by atoms with E-state index in [2.05, 4.69) is 26.0 Å². The summed E-state index contributed by atoms with van der Waals surface area (Å²) in [5.41, 5.74) is -0.291. The summed E-state index contributed by atoms with van der Waals surface area (Å²) >= 11 is 0. The summed E-state index contributed by atoms with van der Waals surface area (Å²) < 4.78 is 6.23. The molecule has 0 heterocycles. The number of aliphatic carboxylic acids is 1. The van der Waals surface area contributed by atoms with E-state index in [1.54, 1.807) is 0 Å². The fourth-order valence-electron chi connectivity index (χ4n) is 7.89. The number of hydrogen-bond acceptors (Lipinski definition) is 3. The summed E-state index contributed by atoms with van der Waals surface area (Å²) in [6, 6.07) is 0. The van der Waals surface area contributed by atoms with E-state index in [1.807, 2.05) is 26.8 Å². The predicted octanol–water partition coefficient (Wildman–Crippen LogP) is 5.53. The highest BCUT2D eigenvalue weighted by atomic mass is 16.5. The SMILES string of the molecule is CC=C(C)C(=O)OC1C2(C)C=CC13CCC1C(C)(C(=O)O)CCCC1(C)C3CC2. The van der Waals surface area contributed by atoms with Gasteiger partial charge in [0.05, 0.1) is 5.41 Å². The monoisotopic (exact) mass is 400 g/mol. The van der Waals surface area contributed by atoms with Crippen LogP contribution in [0.15, 0.2) is 23.8 Å². The zero-order valence-corrected chi connectivity index (χ0v) is 18.6. The highest BCUT2D eigenvalue weighted by molar-refractivity contribution is 5.88. The number of ether oxygens (including phenoxy) is 1. The molecule has 1 spiro atoms. The molecule has 7 unspecified atom stereocenters. The van der Waals surface area contributed by atoms with Gasteiger partial charge in [-0.25, -0.2) is 4.79 Å². The summed E-state index contributed by atoms with van der Waals surface area (Å²) in [5, 5.41) is 10.1. The summed E-state index contributed by atoms with van der Waals surface area (Å²) in [5.74, 6) is -0.301. The van der Waals surface area contributed by atoms with E-state index in [-0.39, 0.29) is 34.2 Å². The number of rotatable bonds is 3. The Hall–Kier alpha value is -1.58. The third-order valence-electron chi connectivity index (χ3n) is 9.59. The van der Waals surface area contributed by atoms with Gasteiger partial charge in [0.25, 0.3) is 0 Å². The molecule has 0 amide bonds. The normalized spacial score (nSPS) is 48.6. The molecule has 0 aromatic heterocycles. The summed E-state index contributed by atoms with van der Waals surface area (Å²) in [7, 11) is 0. The molecule has 29 heavy (non-hydrogen) atoms. The molecule has 3 fully saturated rings. The average molecular weight is 401 g/mol. The van der Waals surface area contributed by atoms with Gasteiger partial charge in [0.15, 0.2) is 0 Å². The molecule has 0 radical (unpaired) electrons. The molecule has 0 aromatic rings. The van der Waals surface area contributed by atoms with Crippen LogP contribution in [0.3, 0.4) is 0 Å². The Labute approximate surface area is 174 Å². The second-order valence-electron chi connectivity index (χ2n) is 11.0. The van der Waals surface area contributed by atoms with Crippen molar-refractivity contribution in [3.05, 3.63) is 23.8 Å². The van der Waals surface area contributed by atoms with Crippen LogP contribution in [-0.2, 0) is 14.3 Å². The van der Waals surface area contributed by atoms with Gasteiger partial charge in [-0.15, -0.1) is 0 Å². The van der Waals surface area contributed by atoms with Crippen LogP contribution in [-0.4, -0.2) is 23.1 Å². The van der Waals surface area contributed by atoms with Gasteiger partial charge in [-0.05, 0) is 76.5 Å². The third-order valence-corrected chi connectivity index (χ3v) is 9.59. The van der Waals surface area contributed by atoms with Crippen molar-refractivity contribution >= 4 is 11.9 Å². The standard InChI is InChI=1S/C25H36O4/c1-6-16(2)19(26)29-20-22(3)12-8-18-23(4)10-7-11-24(5,21(27)28)17(23)9-13-25(18,20)15-14-22/h6,14-15,17-18,20H,7-13H2,1-5H3,(H,27,28). The smallest absolute Gasteiger partial charge is 0.333 e. The first-order valence-electron chi connectivity index (χ1n) is 11.3. The molecular formula is C25H36O4. The van der Waals surface area contributed by atoms with E-state index in [9.17, 15) is 14.7 Å². The Morgan fingerprint density at radius 1 is 1.03 bits per heavy atom. The zero-order chi connectivity index (χ0) is 21.2. The third kappa shape index (κ3) is 2.63. The number of carbonyl (C=O) groups excluding carboxylic acids is 1. The number of carboxylic acids is 1. The van der Waals surface area contributed by atoms with E-state index in [0.29, 0.717) is 11.5 Å². The minimum absolute atomic E-state index is 0.0278. The molecular weight excluding hydrogens is 364 g/mol. The molecule has 4 rings (SSSR count). The van der Waals surface area contributed by atoms with Crippen LogP contribution < -0.4 is 0 Å². The summed E-state index contributed by atoms with van der Waals surface area (Å²) in [4.78, 5) is 25.0. The van der Waals surface area contributed by atoms with Crippen molar-refractivity contribution < 1.29 is 19.4 Å². The first kappa shape index (κ1) is 20.7. The number of carboxylic acid groups (broad SMARTS) is 1. The van der Waals surface area contributed by atoms with Gasteiger partial charge in [0, 0.05) is 16.4 Å². The topological polar surface area (TPSA) is 63.6 Å². The molecule has 2 bridgehead atoms. The van der Waals surface area contributed by atoms with Crippen LogP contribution in [0.4, 0.5) is 0 Å². The van der Waals surface area contributed by atoms with Gasteiger partial charge in [0.1, 0.15) is 6.10 Å². The fraction of sp³-hybridized carbons (Fsp3) is 0.760. The number of fused-ring (bicyclic) bond motifs is 3. The maximum Gasteiger partial charge on any atom is 0.333 e. The van der Waals surface area contributed by atoms with Crippen LogP contribution >= 0.6 is 0 Å². The zero-order valence-electron chi connectivity index (χ0n) is 18.6. The highest BCUT2D eigenvalue weighted by Crippen LogP contribution is 2.72. The quantitative estimate of drug-likeness (QED) is 0.384. The van der Waals surface area contributed by atoms with E-state index in [1.165, 1.54) is 0 Å². The lowest BCUT2D eigenvalue weighted by Gasteiger charge is -2.65. The van der Waals surface area contributed by atoms with E-state index in [4.69, 9.17) is 4.74 Å². The number of allylic oxidation sites excluding steroid dienone is 1. The largest absolute Gasteiger partial charge is 0.481 e. The maximum atomic E-state index is 12.7. The molecule has 0 aromatic carbocycles. The second kappa shape index (κ2) is 6.46. The molecule has 4 nitrogen and oxygen atoms in total. The Morgan fingerprint density at radius 2 is 1.72 bits per heavy atom. The molecule has 4 aliphatic carbocycles. The molecule has 1 N–H and O–H groups in total. The van der Waals surface area contributed by atoms with Crippen molar-refractivity contribution in [2.75, 3.05) is 0 Å². The van der Waals surface area contributed by atoms with Crippen LogP contribution in [0.1, 0.15) is 79.6 Å². The molecule has 160 valence electrons. The Kier molecular flexibility index (Phi) is 4.61. The lowest BCUT2D eigenvalue weighted by atomic mass is 9.39. The molecule has 0 aliphatic heterocycles. The lowest BCUT2D eigenvalue weighted by Crippen LogP contribution is -2.63. The van der Waals surface area contributed by atoms with Gasteiger partial charge in [-0.1, -0.05) is 38.5 Å². The van der Waals surface area contributed by atoms with Gasteiger partial charge in [0.2, 0.25) is 0 Å².